The van der Waals surface area contributed by atoms with E-state index in [0.717, 1.165) is 23.4 Å². The van der Waals surface area contributed by atoms with Gasteiger partial charge in [0.25, 0.3) is 0 Å². The summed E-state index contributed by atoms with van der Waals surface area (Å²) in [6, 6.07) is 6.12. The monoisotopic (exact) mass is 294 g/mol. The van der Waals surface area contributed by atoms with E-state index in [1.165, 1.54) is 0 Å². The van der Waals surface area contributed by atoms with Gasteiger partial charge in [-0.25, -0.2) is 8.42 Å². The number of carbonyl (C=O) groups is 1. The van der Waals surface area contributed by atoms with Crippen molar-refractivity contribution in [2.24, 2.45) is 0 Å². The average Bonchev–Trinajstić information content (AvgIpc) is 2.41. The molecule has 0 unspecified atom stereocenters. The smallest absolute Gasteiger partial charge is 0.224 e. The molecule has 108 valence electrons. The number of aryl methyl sites for hydroxylation is 1. The summed E-state index contributed by atoms with van der Waals surface area (Å²) in [5.41, 5.74) is 3.03. The Morgan fingerprint density at radius 3 is 2.65 bits per heavy atom. The standard InChI is InChI=1S/C14H18N2O3S/c17-14-4-1-10-9-12(2-3-13(10)16-14)15-11-5-7-20(18,19)8-6-11/h2-3,9,11,15H,1,4-8H2,(H,16,17). The first-order chi connectivity index (χ1) is 9.52. The minimum atomic E-state index is -2.82. The number of nitrogens with one attached hydrogen (secondary N) is 2. The number of amides is 1. The Bertz CT molecular complexity index is 626. The molecule has 2 aliphatic heterocycles. The molecule has 0 saturated carbocycles. The third-order valence-electron chi connectivity index (χ3n) is 3.93. The third-order valence-corrected chi connectivity index (χ3v) is 5.64. The van der Waals surface area contributed by atoms with Gasteiger partial charge in [0.15, 0.2) is 0 Å². The maximum absolute atomic E-state index is 11.4. The van der Waals surface area contributed by atoms with E-state index in [-0.39, 0.29) is 23.5 Å². The Morgan fingerprint density at radius 1 is 1.15 bits per heavy atom. The van der Waals surface area contributed by atoms with Crippen molar-refractivity contribution in [3.8, 4) is 0 Å². The Labute approximate surface area is 118 Å². The van der Waals surface area contributed by atoms with Gasteiger partial charge in [-0.1, -0.05) is 0 Å². The van der Waals surface area contributed by atoms with Crippen LogP contribution in [0.15, 0.2) is 18.2 Å². The first-order valence-corrected chi connectivity index (χ1v) is 8.74. The van der Waals surface area contributed by atoms with Crippen LogP contribution in [0.4, 0.5) is 11.4 Å². The van der Waals surface area contributed by atoms with Gasteiger partial charge in [-0.15, -0.1) is 0 Å². The molecule has 5 nitrogen and oxygen atoms in total. The fourth-order valence-corrected chi connectivity index (χ4v) is 4.23. The van der Waals surface area contributed by atoms with Crippen LogP contribution in [0.1, 0.15) is 24.8 Å². The van der Waals surface area contributed by atoms with Crippen molar-refractivity contribution in [3.63, 3.8) is 0 Å². The molecule has 2 N–H and O–H groups in total. The van der Waals surface area contributed by atoms with Gasteiger partial charge in [0.1, 0.15) is 9.84 Å². The van der Waals surface area contributed by atoms with Crippen LogP contribution in [-0.2, 0) is 21.1 Å². The minimum absolute atomic E-state index is 0.0655. The van der Waals surface area contributed by atoms with Crippen molar-refractivity contribution in [3.05, 3.63) is 23.8 Å². The summed E-state index contributed by atoms with van der Waals surface area (Å²) in [4.78, 5) is 11.3. The maximum atomic E-state index is 11.4. The molecule has 6 heteroatoms. The highest BCUT2D eigenvalue weighted by Crippen LogP contribution is 2.27. The predicted molar refractivity (Wildman–Crippen MR) is 78.7 cm³/mol. The van der Waals surface area contributed by atoms with E-state index < -0.39 is 9.84 Å². The number of rotatable bonds is 2. The van der Waals surface area contributed by atoms with Gasteiger partial charge < -0.3 is 10.6 Å². The molecular weight excluding hydrogens is 276 g/mol. The Kier molecular flexibility index (Phi) is 3.41. The van der Waals surface area contributed by atoms with Crippen molar-refractivity contribution in [1.29, 1.82) is 0 Å². The Balaban J connectivity index is 1.68. The van der Waals surface area contributed by atoms with Gasteiger partial charge in [-0.3, -0.25) is 4.79 Å². The summed E-state index contributed by atoms with van der Waals surface area (Å²) in [7, 11) is -2.82. The summed E-state index contributed by atoms with van der Waals surface area (Å²) in [5.74, 6) is 0.604. The van der Waals surface area contributed by atoms with Crippen molar-refractivity contribution < 1.29 is 13.2 Å². The maximum Gasteiger partial charge on any atom is 0.224 e. The lowest BCUT2D eigenvalue weighted by Crippen LogP contribution is -2.32. The molecule has 2 aliphatic rings. The molecule has 2 heterocycles. The lowest BCUT2D eigenvalue weighted by Gasteiger charge is -2.25. The first-order valence-electron chi connectivity index (χ1n) is 6.92. The van der Waals surface area contributed by atoms with Crippen molar-refractivity contribution in [2.45, 2.75) is 31.7 Å². The van der Waals surface area contributed by atoms with Crippen molar-refractivity contribution in [2.75, 3.05) is 22.1 Å². The molecule has 0 bridgehead atoms. The van der Waals surface area contributed by atoms with Gasteiger partial charge in [0.05, 0.1) is 11.5 Å². The van der Waals surface area contributed by atoms with E-state index in [4.69, 9.17) is 0 Å². The number of hydrogen-bond acceptors (Lipinski definition) is 4. The van der Waals surface area contributed by atoms with Gasteiger partial charge in [0, 0.05) is 23.8 Å². The Morgan fingerprint density at radius 2 is 1.90 bits per heavy atom. The third kappa shape index (κ3) is 2.95. The van der Waals surface area contributed by atoms with Crippen LogP contribution >= 0.6 is 0 Å². The zero-order valence-electron chi connectivity index (χ0n) is 11.2. The lowest BCUT2D eigenvalue weighted by atomic mass is 10.0. The second-order valence-corrected chi connectivity index (χ2v) is 7.79. The summed E-state index contributed by atoms with van der Waals surface area (Å²) in [5, 5.41) is 6.26. The SMILES string of the molecule is O=C1CCc2cc(NC3CCS(=O)(=O)CC3)ccc2N1. The molecule has 1 amide bonds. The van der Waals surface area contributed by atoms with Crippen LogP contribution in [0.5, 0.6) is 0 Å². The topological polar surface area (TPSA) is 75.3 Å². The van der Waals surface area contributed by atoms with E-state index in [1.54, 1.807) is 0 Å². The largest absolute Gasteiger partial charge is 0.382 e. The van der Waals surface area contributed by atoms with Crippen LogP contribution in [-0.4, -0.2) is 31.9 Å². The molecule has 0 atom stereocenters. The second-order valence-electron chi connectivity index (χ2n) is 5.49. The van der Waals surface area contributed by atoms with Crippen LogP contribution in [0.3, 0.4) is 0 Å². The van der Waals surface area contributed by atoms with Crippen molar-refractivity contribution in [1.82, 2.24) is 0 Å². The summed E-state index contributed by atoms with van der Waals surface area (Å²) in [6.45, 7) is 0. The summed E-state index contributed by atoms with van der Waals surface area (Å²) < 4.78 is 22.8. The molecule has 1 fully saturated rings. The number of fused-ring (bicyclic) bond motifs is 1. The van der Waals surface area contributed by atoms with Crippen LogP contribution in [0.2, 0.25) is 0 Å². The van der Waals surface area contributed by atoms with E-state index >= 15 is 0 Å². The molecule has 0 aliphatic carbocycles. The molecule has 0 spiro atoms. The van der Waals surface area contributed by atoms with Gasteiger partial charge in [-0.2, -0.15) is 0 Å². The fourth-order valence-electron chi connectivity index (χ4n) is 2.74. The fraction of sp³-hybridized carbons (Fsp3) is 0.500. The molecule has 1 aromatic carbocycles. The van der Waals surface area contributed by atoms with E-state index in [0.29, 0.717) is 19.3 Å². The molecule has 0 radical (unpaired) electrons. The molecule has 3 rings (SSSR count). The zero-order valence-corrected chi connectivity index (χ0v) is 12.0. The molecule has 1 aromatic rings. The van der Waals surface area contributed by atoms with Crippen LogP contribution in [0, 0.1) is 0 Å². The summed E-state index contributed by atoms with van der Waals surface area (Å²) >= 11 is 0. The van der Waals surface area contributed by atoms with Gasteiger partial charge in [0.2, 0.25) is 5.91 Å². The minimum Gasteiger partial charge on any atom is -0.382 e. The van der Waals surface area contributed by atoms with E-state index in [9.17, 15) is 13.2 Å². The first kappa shape index (κ1) is 13.4. The molecule has 1 saturated heterocycles. The number of carbonyl (C=O) groups excluding carboxylic acids is 1. The highest BCUT2D eigenvalue weighted by Gasteiger charge is 2.23. The second kappa shape index (κ2) is 5.09. The van der Waals surface area contributed by atoms with Crippen molar-refractivity contribution >= 4 is 27.1 Å². The van der Waals surface area contributed by atoms with Crippen LogP contribution < -0.4 is 10.6 Å². The molecule has 20 heavy (non-hydrogen) atoms. The quantitative estimate of drug-likeness (QED) is 0.868. The number of sulfone groups is 1. The molecule has 0 aromatic heterocycles. The predicted octanol–water partition coefficient (Wildman–Crippen LogP) is 1.56. The Hall–Kier alpha value is -1.56. The summed E-state index contributed by atoms with van der Waals surface area (Å²) in [6.07, 6.45) is 2.61. The number of hydrogen-bond donors (Lipinski definition) is 2. The highest BCUT2D eigenvalue weighted by molar-refractivity contribution is 7.91. The zero-order chi connectivity index (χ0) is 14.2. The van der Waals surface area contributed by atoms with E-state index in [1.807, 2.05) is 12.1 Å². The average molecular weight is 294 g/mol. The lowest BCUT2D eigenvalue weighted by molar-refractivity contribution is -0.116. The van der Waals surface area contributed by atoms with E-state index in [2.05, 4.69) is 16.7 Å². The molecular formula is C14H18N2O3S. The number of anilines is 2. The number of benzene rings is 1. The van der Waals surface area contributed by atoms with Crippen LogP contribution in [0.25, 0.3) is 0 Å². The van der Waals surface area contributed by atoms with Gasteiger partial charge >= 0.3 is 0 Å². The normalized spacial score (nSPS) is 21.9. The van der Waals surface area contributed by atoms with Gasteiger partial charge in [-0.05, 0) is 43.0 Å². The highest BCUT2D eigenvalue weighted by atomic mass is 32.2.